The van der Waals surface area contributed by atoms with Gasteiger partial charge in [0.2, 0.25) is 10.0 Å². The van der Waals surface area contributed by atoms with Crippen LogP contribution in [0.4, 0.5) is 4.39 Å². The molecule has 84 valence electrons. The first-order chi connectivity index (χ1) is 7.03. The van der Waals surface area contributed by atoms with Crippen molar-refractivity contribution in [2.45, 2.75) is 6.42 Å². The summed E-state index contributed by atoms with van der Waals surface area (Å²) >= 11 is 5.19. The molecule has 1 N–H and O–H groups in total. The first-order valence-electron chi connectivity index (χ1n) is 4.31. The highest BCUT2D eigenvalue weighted by atomic mass is 35.5. The van der Waals surface area contributed by atoms with Gasteiger partial charge in [-0.1, -0.05) is 12.1 Å². The fourth-order valence-electron chi connectivity index (χ4n) is 1.08. The van der Waals surface area contributed by atoms with Gasteiger partial charge in [0.25, 0.3) is 0 Å². The first-order valence-corrected chi connectivity index (χ1v) is 6.50. The van der Waals surface area contributed by atoms with Crippen LogP contribution in [0, 0.1) is 5.82 Å². The minimum absolute atomic E-state index is 0.221. The normalized spacial score (nSPS) is 11.6. The highest BCUT2D eigenvalue weighted by Crippen LogP contribution is 2.03. The van der Waals surface area contributed by atoms with Gasteiger partial charge in [-0.3, -0.25) is 0 Å². The Hall–Kier alpha value is -0.650. The van der Waals surface area contributed by atoms with Gasteiger partial charge >= 0.3 is 0 Å². The Balaban J connectivity index is 2.45. The molecule has 0 amide bonds. The van der Waals surface area contributed by atoms with E-state index in [9.17, 15) is 12.8 Å². The van der Waals surface area contributed by atoms with Gasteiger partial charge in [0.1, 0.15) is 11.0 Å². The van der Waals surface area contributed by atoms with E-state index in [4.69, 9.17) is 11.6 Å². The van der Waals surface area contributed by atoms with Gasteiger partial charge in [0.15, 0.2) is 0 Å². The molecule has 0 unspecified atom stereocenters. The zero-order chi connectivity index (χ0) is 11.3. The van der Waals surface area contributed by atoms with Crippen LogP contribution in [0.25, 0.3) is 0 Å². The van der Waals surface area contributed by atoms with Crippen molar-refractivity contribution in [1.82, 2.24) is 4.72 Å². The van der Waals surface area contributed by atoms with Gasteiger partial charge < -0.3 is 0 Å². The third-order valence-electron chi connectivity index (χ3n) is 1.77. The van der Waals surface area contributed by atoms with Crippen molar-refractivity contribution < 1.29 is 12.8 Å². The van der Waals surface area contributed by atoms with Gasteiger partial charge in [-0.15, -0.1) is 11.6 Å². The van der Waals surface area contributed by atoms with Crippen LogP contribution >= 0.6 is 11.6 Å². The minimum atomic E-state index is -3.38. The fraction of sp³-hybridized carbons (Fsp3) is 0.333. The van der Waals surface area contributed by atoms with Crippen LogP contribution in [-0.2, 0) is 16.4 Å². The largest absolute Gasteiger partial charge is 0.225 e. The summed E-state index contributed by atoms with van der Waals surface area (Å²) in [4.78, 5) is 0. The molecular weight excluding hydrogens is 241 g/mol. The van der Waals surface area contributed by atoms with Crippen LogP contribution in [0.1, 0.15) is 5.56 Å². The Morgan fingerprint density at radius 1 is 1.40 bits per heavy atom. The topological polar surface area (TPSA) is 46.2 Å². The van der Waals surface area contributed by atoms with Gasteiger partial charge in [-0.25, -0.2) is 17.5 Å². The van der Waals surface area contributed by atoms with Gasteiger partial charge in [0.05, 0.1) is 0 Å². The van der Waals surface area contributed by atoms with E-state index in [1.807, 2.05) is 0 Å². The van der Waals surface area contributed by atoms with Crippen LogP contribution in [0.5, 0.6) is 0 Å². The van der Waals surface area contributed by atoms with Crippen molar-refractivity contribution in [2.75, 3.05) is 11.8 Å². The molecule has 0 aliphatic rings. The third-order valence-corrected chi connectivity index (χ3v) is 3.56. The maximum Gasteiger partial charge on any atom is 0.225 e. The maximum absolute atomic E-state index is 12.7. The van der Waals surface area contributed by atoms with Crippen molar-refractivity contribution in [3.8, 4) is 0 Å². The van der Waals surface area contributed by atoms with E-state index in [0.717, 1.165) is 5.56 Å². The molecule has 3 nitrogen and oxygen atoms in total. The van der Waals surface area contributed by atoms with Gasteiger partial charge in [-0.05, 0) is 24.1 Å². The SMILES string of the molecule is O=S(=O)(CCl)NCCc1cccc(F)c1. The summed E-state index contributed by atoms with van der Waals surface area (Å²) in [5, 5.41) is -0.462. The lowest BCUT2D eigenvalue weighted by molar-refractivity contribution is 0.586. The molecule has 0 aliphatic heterocycles. The number of hydrogen-bond acceptors (Lipinski definition) is 2. The molecule has 0 saturated carbocycles. The van der Waals surface area contributed by atoms with Crippen molar-refractivity contribution in [2.24, 2.45) is 0 Å². The molecule has 0 atom stereocenters. The zero-order valence-corrected chi connectivity index (χ0v) is 9.48. The zero-order valence-electron chi connectivity index (χ0n) is 7.91. The summed E-state index contributed by atoms with van der Waals surface area (Å²) in [6, 6.07) is 6.03. The van der Waals surface area contributed by atoms with E-state index in [2.05, 4.69) is 4.72 Å². The molecule has 0 aromatic heterocycles. The summed E-state index contributed by atoms with van der Waals surface area (Å²) in [6.45, 7) is 0.221. The van der Waals surface area contributed by atoms with Crippen molar-refractivity contribution in [1.29, 1.82) is 0 Å². The average molecular weight is 252 g/mol. The van der Waals surface area contributed by atoms with Crippen LogP contribution in [0.2, 0.25) is 0 Å². The molecule has 15 heavy (non-hydrogen) atoms. The maximum atomic E-state index is 12.7. The number of nitrogens with one attached hydrogen (secondary N) is 1. The molecule has 0 saturated heterocycles. The van der Waals surface area contributed by atoms with E-state index in [1.54, 1.807) is 12.1 Å². The fourth-order valence-corrected chi connectivity index (χ4v) is 1.80. The van der Waals surface area contributed by atoms with E-state index >= 15 is 0 Å². The molecule has 0 aliphatic carbocycles. The van der Waals surface area contributed by atoms with Crippen molar-refractivity contribution >= 4 is 21.6 Å². The second-order valence-corrected chi connectivity index (χ2v) is 5.39. The highest BCUT2D eigenvalue weighted by Gasteiger charge is 2.06. The van der Waals surface area contributed by atoms with Gasteiger partial charge in [-0.2, -0.15) is 0 Å². The van der Waals surface area contributed by atoms with Crippen molar-refractivity contribution in [3.63, 3.8) is 0 Å². The van der Waals surface area contributed by atoms with E-state index in [0.29, 0.717) is 6.42 Å². The number of alkyl halides is 1. The summed E-state index contributed by atoms with van der Waals surface area (Å²) in [5.74, 6) is -0.326. The standard InChI is InChI=1S/C9H11ClFNO2S/c10-7-15(13,14)12-5-4-8-2-1-3-9(11)6-8/h1-3,6,12H,4-5,7H2. The Kier molecular flexibility index (Phi) is 4.50. The molecule has 1 aromatic carbocycles. The molecule has 6 heteroatoms. The number of sulfonamides is 1. The van der Waals surface area contributed by atoms with Gasteiger partial charge in [0, 0.05) is 6.54 Å². The van der Waals surface area contributed by atoms with E-state index in [1.165, 1.54) is 12.1 Å². The first kappa shape index (κ1) is 12.4. The molecule has 0 bridgehead atoms. The quantitative estimate of drug-likeness (QED) is 0.806. The van der Waals surface area contributed by atoms with Crippen LogP contribution in [-0.4, -0.2) is 20.2 Å². The molecule has 1 aromatic rings. The average Bonchev–Trinajstić information content (AvgIpc) is 2.18. The molecule has 1 rings (SSSR count). The summed E-state index contributed by atoms with van der Waals surface area (Å²) in [6.07, 6.45) is 0.438. The Morgan fingerprint density at radius 3 is 2.73 bits per heavy atom. The monoisotopic (exact) mass is 251 g/mol. The summed E-state index contributed by atoms with van der Waals surface area (Å²) in [5.41, 5.74) is 0.743. The molecule has 0 radical (unpaired) electrons. The molecule has 0 fully saturated rings. The summed E-state index contributed by atoms with van der Waals surface area (Å²) < 4.78 is 36.9. The Bertz CT molecular complexity index is 422. The number of rotatable bonds is 5. The number of benzene rings is 1. The highest BCUT2D eigenvalue weighted by molar-refractivity contribution is 7.90. The molecular formula is C9H11ClFNO2S. The van der Waals surface area contributed by atoms with Crippen LogP contribution in [0.15, 0.2) is 24.3 Å². The Labute approximate surface area is 93.3 Å². The molecule has 0 heterocycles. The predicted molar refractivity (Wildman–Crippen MR) is 57.7 cm³/mol. The smallest absolute Gasteiger partial charge is 0.214 e. The lowest BCUT2D eigenvalue weighted by Crippen LogP contribution is -2.26. The third kappa shape index (κ3) is 4.59. The van der Waals surface area contributed by atoms with E-state index in [-0.39, 0.29) is 12.4 Å². The predicted octanol–water partition coefficient (Wildman–Crippen LogP) is 1.48. The number of hydrogen-bond donors (Lipinski definition) is 1. The molecule has 0 spiro atoms. The van der Waals surface area contributed by atoms with E-state index < -0.39 is 15.2 Å². The second kappa shape index (κ2) is 5.44. The Morgan fingerprint density at radius 2 is 2.13 bits per heavy atom. The second-order valence-electron chi connectivity index (χ2n) is 3.00. The lowest BCUT2D eigenvalue weighted by Gasteiger charge is -2.03. The number of halogens is 2. The summed E-state index contributed by atoms with van der Waals surface area (Å²) in [7, 11) is -3.38. The van der Waals surface area contributed by atoms with Crippen LogP contribution in [0.3, 0.4) is 0 Å². The van der Waals surface area contributed by atoms with Crippen molar-refractivity contribution in [3.05, 3.63) is 35.6 Å². The van der Waals surface area contributed by atoms with Crippen LogP contribution < -0.4 is 4.72 Å². The lowest BCUT2D eigenvalue weighted by atomic mass is 10.1. The minimum Gasteiger partial charge on any atom is -0.214 e.